The van der Waals surface area contributed by atoms with E-state index in [-0.39, 0.29) is 12.5 Å². The number of thioether (sulfide) groups is 1. The van der Waals surface area contributed by atoms with Crippen molar-refractivity contribution in [1.82, 2.24) is 9.55 Å². The summed E-state index contributed by atoms with van der Waals surface area (Å²) >= 11 is 1.72. The lowest BCUT2D eigenvalue weighted by Gasteiger charge is -2.11. The minimum Gasteiger partial charge on any atom is -0.497 e. The smallest absolute Gasteiger partial charge is 0.244 e. The van der Waals surface area contributed by atoms with Gasteiger partial charge in [-0.05, 0) is 55.5 Å². The summed E-state index contributed by atoms with van der Waals surface area (Å²) in [5.74, 6) is 2.23. The number of methoxy groups -OCH3 is 1. The minimum absolute atomic E-state index is 0.0927. The van der Waals surface area contributed by atoms with Gasteiger partial charge in [-0.1, -0.05) is 29.8 Å². The molecule has 0 saturated carbocycles. The predicted molar refractivity (Wildman–Crippen MR) is 122 cm³/mol. The predicted octanol–water partition coefficient (Wildman–Crippen LogP) is 5.28. The fourth-order valence-electron chi connectivity index (χ4n) is 3.21. The van der Waals surface area contributed by atoms with Crippen LogP contribution in [0.2, 0.25) is 0 Å². The third kappa shape index (κ3) is 4.66. The molecule has 0 aliphatic rings. The molecule has 1 N–H and O–H groups in total. The molecule has 0 unspecified atom stereocenters. The molecule has 4 rings (SSSR count). The van der Waals surface area contributed by atoms with Crippen molar-refractivity contribution in [1.29, 1.82) is 0 Å². The number of fused-ring (bicyclic) bond motifs is 1. The molecule has 0 bridgehead atoms. The first-order valence-corrected chi connectivity index (χ1v) is 10.7. The number of ether oxygens (including phenoxy) is 1. The van der Waals surface area contributed by atoms with Gasteiger partial charge in [-0.3, -0.25) is 4.79 Å². The standard InChI is InChI=1S/C24H23N3O2S/c1-17-7-13-20(14-8-17)30-16-23-26-21-5-3-4-6-22(21)27(23)15-24(28)25-18-9-11-19(29-2)12-10-18/h3-14H,15-16H2,1-2H3,(H,25,28). The van der Waals surface area contributed by atoms with E-state index in [2.05, 4.69) is 36.5 Å². The van der Waals surface area contributed by atoms with Crippen molar-refractivity contribution in [3.8, 4) is 5.75 Å². The molecule has 4 aromatic rings. The quantitative estimate of drug-likeness (QED) is 0.416. The number of hydrogen-bond donors (Lipinski definition) is 1. The first kappa shape index (κ1) is 20.0. The van der Waals surface area contributed by atoms with E-state index in [0.717, 1.165) is 28.3 Å². The maximum atomic E-state index is 12.7. The lowest BCUT2D eigenvalue weighted by Crippen LogP contribution is -2.20. The van der Waals surface area contributed by atoms with Gasteiger partial charge in [0.2, 0.25) is 5.91 Å². The summed E-state index contributed by atoms with van der Waals surface area (Å²) in [4.78, 5) is 18.7. The molecule has 0 atom stereocenters. The van der Waals surface area contributed by atoms with E-state index in [9.17, 15) is 4.79 Å². The number of carbonyl (C=O) groups is 1. The van der Waals surface area contributed by atoms with E-state index in [1.54, 1.807) is 18.9 Å². The van der Waals surface area contributed by atoms with Crippen molar-refractivity contribution >= 4 is 34.4 Å². The van der Waals surface area contributed by atoms with Crippen LogP contribution in [0, 0.1) is 6.92 Å². The highest BCUT2D eigenvalue weighted by atomic mass is 32.2. The molecule has 0 spiro atoms. The number of rotatable bonds is 7. The van der Waals surface area contributed by atoms with Gasteiger partial charge in [0.05, 0.1) is 23.9 Å². The first-order chi connectivity index (χ1) is 14.6. The average Bonchev–Trinajstić information content (AvgIpc) is 3.11. The number of benzene rings is 3. The van der Waals surface area contributed by atoms with Crippen LogP contribution < -0.4 is 10.1 Å². The second-order valence-corrected chi connectivity index (χ2v) is 8.03. The summed E-state index contributed by atoms with van der Waals surface area (Å²) < 4.78 is 7.16. The number of aryl methyl sites for hydroxylation is 1. The number of nitrogens with zero attached hydrogens (tertiary/aromatic N) is 2. The van der Waals surface area contributed by atoms with Gasteiger partial charge in [0.1, 0.15) is 18.1 Å². The van der Waals surface area contributed by atoms with Crippen molar-refractivity contribution < 1.29 is 9.53 Å². The molecular weight excluding hydrogens is 394 g/mol. The Morgan fingerprint density at radius 3 is 2.50 bits per heavy atom. The van der Waals surface area contributed by atoms with Crippen LogP contribution in [0.4, 0.5) is 5.69 Å². The SMILES string of the molecule is COc1ccc(NC(=O)Cn2c(CSc3ccc(C)cc3)nc3ccccc32)cc1. The number of imidazole rings is 1. The monoisotopic (exact) mass is 417 g/mol. The van der Waals surface area contributed by atoms with Gasteiger partial charge in [0, 0.05) is 10.6 Å². The van der Waals surface area contributed by atoms with Gasteiger partial charge in [0.25, 0.3) is 0 Å². The van der Waals surface area contributed by atoms with Crippen LogP contribution in [-0.2, 0) is 17.1 Å². The number of anilines is 1. The molecule has 0 radical (unpaired) electrons. The fraction of sp³-hybridized carbons (Fsp3) is 0.167. The third-order valence-corrected chi connectivity index (χ3v) is 5.81. The molecule has 0 fully saturated rings. The number of nitrogens with one attached hydrogen (secondary N) is 1. The van der Waals surface area contributed by atoms with Gasteiger partial charge >= 0.3 is 0 Å². The third-order valence-electron chi connectivity index (χ3n) is 4.80. The summed E-state index contributed by atoms with van der Waals surface area (Å²) in [6.45, 7) is 2.28. The molecule has 3 aromatic carbocycles. The summed E-state index contributed by atoms with van der Waals surface area (Å²) in [6, 6.07) is 23.7. The maximum absolute atomic E-state index is 12.7. The molecule has 1 heterocycles. The number of aromatic nitrogens is 2. The first-order valence-electron chi connectivity index (χ1n) is 9.70. The largest absolute Gasteiger partial charge is 0.497 e. The Bertz CT molecular complexity index is 1150. The molecule has 5 nitrogen and oxygen atoms in total. The van der Waals surface area contributed by atoms with Crippen LogP contribution >= 0.6 is 11.8 Å². The zero-order chi connectivity index (χ0) is 20.9. The Hall–Kier alpha value is -3.25. The van der Waals surface area contributed by atoms with Gasteiger partial charge in [-0.25, -0.2) is 4.98 Å². The zero-order valence-electron chi connectivity index (χ0n) is 17.0. The lowest BCUT2D eigenvalue weighted by atomic mass is 10.2. The molecule has 0 saturated heterocycles. The Balaban J connectivity index is 1.53. The van der Waals surface area contributed by atoms with E-state index in [0.29, 0.717) is 5.75 Å². The fourth-order valence-corrected chi connectivity index (χ4v) is 4.06. The van der Waals surface area contributed by atoms with Crippen molar-refractivity contribution in [3.63, 3.8) is 0 Å². The Labute approximate surface area is 180 Å². The van der Waals surface area contributed by atoms with Gasteiger partial charge in [-0.2, -0.15) is 0 Å². The van der Waals surface area contributed by atoms with Crippen LogP contribution in [0.25, 0.3) is 11.0 Å². The number of carbonyl (C=O) groups excluding carboxylic acids is 1. The van der Waals surface area contributed by atoms with Gasteiger partial charge in [-0.15, -0.1) is 11.8 Å². The number of para-hydroxylation sites is 2. The zero-order valence-corrected chi connectivity index (χ0v) is 17.8. The van der Waals surface area contributed by atoms with Crippen LogP contribution in [0.15, 0.2) is 77.7 Å². The van der Waals surface area contributed by atoms with Crippen LogP contribution in [-0.4, -0.2) is 22.6 Å². The highest BCUT2D eigenvalue weighted by molar-refractivity contribution is 7.98. The van der Waals surface area contributed by atoms with Gasteiger partial charge < -0.3 is 14.6 Å². The highest BCUT2D eigenvalue weighted by Crippen LogP contribution is 2.25. The summed E-state index contributed by atoms with van der Waals surface area (Å²) in [5.41, 5.74) is 3.83. The molecule has 0 aliphatic carbocycles. The summed E-state index contributed by atoms with van der Waals surface area (Å²) in [5, 5.41) is 2.95. The van der Waals surface area contributed by atoms with Crippen LogP contribution in [0.3, 0.4) is 0 Å². The Morgan fingerprint density at radius 2 is 1.77 bits per heavy atom. The van der Waals surface area contributed by atoms with Crippen LogP contribution in [0.1, 0.15) is 11.4 Å². The van der Waals surface area contributed by atoms with E-state index < -0.39 is 0 Å². The van der Waals surface area contributed by atoms with Crippen molar-refractivity contribution in [2.45, 2.75) is 24.1 Å². The van der Waals surface area contributed by atoms with Crippen molar-refractivity contribution in [3.05, 3.63) is 84.2 Å². The normalized spacial score (nSPS) is 10.9. The molecular formula is C24H23N3O2S. The van der Waals surface area contributed by atoms with E-state index in [1.165, 1.54) is 10.5 Å². The molecule has 6 heteroatoms. The second kappa shape index (κ2) is 9.05. The van der Waals surface area contributed by atoms with E-state index in [4.69, 9.17) is 9.72 Å². The summed E-state index contributed by atoms with van der Waals surface area (Å²) in [6.07, 6.45) is 0. The molecule has 152 valence electrons. The van der Waals surface area contributed by atoms with Crippen molar-refractivity contribution in [2.24, 2.45) is 0 Å². The second-order valence-electron chi connectivity index (χ2n) is 6.98. The topological polar surface area (TPSA) is 56.1 Å². The highest BCUT2D eigenvalue weighted by Gasteiger charge is 2.14. The van der Waals surface area contributed by atoms with Crippen molar-refractivity contribution in [2.75, 3.05) is 12.4 Å². The molecule has 1 aromatic heterocycles. The molecule has 30 heavy (non-hydrogen) atoms. The summed E-state index contributed by atoms with van der Waals surface area (Å²) in [7, 11) is 1.62. The van der Waals surface area contributed by atoms with Crippen LogP contribution in [0.5, 0.6) is 5.75 Å². The Morgan fingerprint density at radius 1 is 1.03 bits per heavy atom. The molecule has 0 aliphatic heterocycles. The number of hydrogen-bond acceptors (Lipinski definition) is 4. The number of amides is 1. The van der Waals surface area contributed by atoms with E-state index in [1.807, 2.05) is 53.1 Å². The maximum Gasteiger partial charge on any atom is 0.244 e. The minimum atomic E-state index is -0.0927. The van der Waals surface area contributed by atoms with Gasteiger partial charge in [0.15, 0.2) is 0 Å². The Kier molecular flexibility index (Phi) is 6.05. The van der Waals surface area contributed by atoms with E-state index >= 15 is 0 Å². The average molecular weight is 418 g/mol. The molecule has 1 amide bonds. The lowest BCUT2D eigenvalue weighted by molar-refractivity contribution is -0.116.